The smallest absolute Gasteiger partial charge is 0.431 e. The summed E-state index contributed by atoms with van der Waals surface area (Å²) in [6.07, 6.45) is -10.8. The van der Waals surface area contributed by atoms with Crippen molar-refractivity contribution in [2.45, 2.75) is 91.3 Å². The van der Waals surface area contributed by atoms with E-state index in [1.165, 1.54) is 36.1 Å². The van der Waals surface area contributed by atoms with Gasteiger partial charge in [-0.1, -0.05) is 13.8 Å². The highest BCUT2D eigenvalue weighted by molar-refractivity contribution is 5.97. The number of aryl methyl sites for hydroxylation is 3. The lowest BCUT2D eigenvalue weighted by Crippen LogP contribution is -2.50. The summed E-state index contributed by atoms with van der Waals surface area (Å²) in [6, 6.07) is 3.64. The maximum Gasteiger partial charge on any atom is 0.431 e. The van der Waals surface area contributed by atoms with Gasteiger partial charge in [-0.15, -0.1) is 0 Å². The molecule has 306 valence electrons. The first kappa shape index (κ1) is 43.9. The Hall–Kier alpha value is -4.80. The molecule has 1 aliphatic heterocycles. The van der Waals surface area contributed by atoms with Crippen LogP contribution in [-0.2, 0) is 22.3 Å². The number of carboxylic acid groups (broad SMARTS) is 1. The molecule has 17 heteroatoms. The number of carbonyl (C=O) groups excluding carboxylic acids is 2. The van der Waals surface area contributed by atoms with Crippen LogP contribution in [0.25, 0.3) is 11.1 Å². The van der Waals surface area contributed by atoms with E-state index in [0.717, 1.165) is 0 Å². The molecule has 2 amide bonds. The zero-order chi connectivity index (χ0) is 41.9. The number of aromatic nitrogens is 1. The van der Waals surface area contributed by atoms with Crippen LogP contribution < -0.4 is 16.2 Å². The minimum absolute atomic E-state index is 0.0609. The average Bonchev–Trinajstić information content (AvgIpc) is 3.06. The molecule has 0 radical (unpaired) electrons. The van der Waals surface area contributed by atoms with E-state index in [-0.39, 0.29) is 55.9 Å². The zero-order valence-electron chi connectivity index (χ0n) is 31.4. The van der Waals surface area contributed by atoms with Gasteiger partial charge in [0, 0.05) is 18.7 Å². The van der Waals surface area contributed by atoms with Crippen LogP contribution in [0.5, 0.6) is 0 Å². The fourth-order valence-corrected chi connectivity index (χ4v) is 7.13. The molecule has 0 unspecified atom stereocenters. The minimum Gasteiger partial charge on any atom is -0.481 e. The third-order valence-electron chi connectivity index (χ3n) is 9.87. The van der Waals surface area contributed by atoms with Crippen molar-refractivity contribution in [1.82, 2.24) is 20.1 Å². The monoisotopic (exact) mass is 800 g/mol. The first-order valence-electron chi connectivity index (χ1n) is 18.0. The van der Waals surface area contributed by atoms with Crippen molar-refractivity contribution in [2.24, 2.45) is 11.8 Å². The van der Waals surface area contributed by atoms with E-state index < -0.39 is 89.6 Å². The molecular weight excluding hydrogens is 756 g/mol. The molecule has 1 saturated heterocycles. The second kappa shape index (κ2) is 17.6. The number of pyridine rings is 1. The molecule has 9 nitrogen and oxygen atoms in total. The number of halogens is 8. The number of aliphatic carboxylic acids is 1. The van der Waals surface area contributed by atoms with Crippen molar-refractivity contribution in [3.8, 4) is 11.1 Å². The summed E-state index contributed by atoms with van der Waals surface area (Å²) in [5, 5.41) is 14.6. The molecule has 56 heavy (non-hydrogen) atoms. The number of carboxylic acids is 1. The van der Waals surface area contributed by atoms with Gasteiger partial charge >= 0.3 is 18.3 Å². The highest BCUT2D eigenvalue weighted by Gasteiger charge is 2.41. The molecule has 0 spiro atoms. The number of nitrogens with zero attached hydrogens (tertiary/aromatic N) is 2. The molecule has 3 aromatic rings. The lowest BCUT2D eigenvalue weighted by atomic mass is 9.90. The molecule has 2 heterocycles. The van der Waals surface area contributed by atoms with E-state index in [0.29, 0.717) is 39.0 Å². The summed E-state index contributed by atoms with van der Waals surface area (Å²) in [7, 11) is 0. The summed E-state index contributed by atoms with van der Waals surface area (Å²) >= 11 is 0. The Morgan fingerprint density at radius 3 is 2.02 bits per heavy atom. The number of piperidine rings is 1. The topological polar surface area (TPSA) is 121 Å². The molecular formula is C39H44F8N4O5. The largest absolute Gasteiger partial charge is 0.481 e. The van der Waals surface area contributed by atoms with Crippen molar-refractivity contribution in [2.75, 3.05) is 19.6 Å². The van der Waals surface area contributed by atoms with Gasteiger partial charge in [0.15, 0.2) is 0 Å². The lowest BCUT2D eigenvalue weighted by Gasteiger charge is -2.33. The van der Waals surface area contributed by atoms with Gasteiger partial charge in [-0.3, -0.25) is 19.2 Å². The van der Waals surface area contributed by atoms with Gasteiger partial charge < -0.3 is 25.2 Å². The Morgan fingerprint density at radius 2 is 1.48 bits per heavy atom. The van der Waals surface area contributed by atoms with Crippen LogP contribution in [0.4, 0.5) is 35.1 Å². The standard InChI is InChI=1S/C39H44F8N4O5/c1-20(2)14-30(36(55)48-29(19-32(52)53)28-18-24(15-23(5)34(28)41)33-21(3)16-26(40)17-22(33)4)49-35(54)27-6-7-31(39(45,46)47)51(37(27)56)13-12-50-10-8-25(9-11-50)38(42,43)44/h6-7,15-18,20,25,29-30H,8-14,19H2,1-5H3,(H,48,55)(H,49,54)(H,52,53)/t29-,30-/m0/s1. The number of hydrogen-bond acceptors (Lipinski definition) is 5. The normalized spacial score (nSPS) is 15.5. The highest BCUT2D eigenvalue weighted by Crippen LogP contribution is 2.36. The lowest BCUT2D eigenvalue weighted by molar-refractivity contribution is -0.185. The Balaban J connectivity index is 1.63. The van der Waals surface area contributed by atoms with E-state index in [4.69, 9.17) is 0 Å². The number of likely N-dealkylation sites (tertiary alicyclic amines) is 1. The molecule has 3 N–H and O–H groups in total. The Morgan fingerprint density at radius 1 is 0.875 bits per heavy atom. The maximum absolute atomic E-state index is 15.8. The average molecular weight is 801 g/mol. The Kier molecular flexibility index (Phi) is 13.8. The number of carbonyl (C=O) groups is 3. The first-order chi connectivity index (χ1) is 26.0. The summed E-state index contributed by atoms with van der Waals surface area (Å²) < 4.78 is 112. The molecule has 0 bridgehead atoms. The van der Waals surface area contributed by atoms with Crippen molar-refractivity contribution < 1.29 is 54.6 Å². The van der Waals surface area contributed by atoms with Gasteiger partial charge in [0.2, 0.25) is 5.91 Å². The van der Waals surface area contributed by atoms with Gasteiger partial charge in [-0.05, 0) is 123 Å². The van der Waals surface area contributed by atoms with E-state index in [1.54, 1.807) is 27.7 Å². The summed E-state index contributed by atoms with van der Waals surface area (Å²) in [5.41, 5.74) is -1.57. The van der Waals surface area contributed by atoms with Gasteiger partial charge in [-0.25, -0.2) is 8.78 Å². The molecule has 1 aromatic heterocycles. The number of hydrogen-bond donors (Lipinski definition) is 3. The highest BCUT2D eigenvalue weighted by atomic mass is 19.4. The van der Waals surface area contributed by atoms with E-state index in [9.17, 15) is 55.0 Å². The quantitative estimate of drug-likeness (QED) is 0.154. The van der Waals surface area contributed by atoms with Gasteiger partial charge in [-0.2, -0.15) is 26.3 Å². The van der Waals surface area contributed by atoms with Gasteiger partial charge in [0.25, 0.3) is 11.5 Å². The summed E-state index contributed by atoms with van der Waals surface area (Å²) in [4.78, 5) is 54.3. The van der Waals surface area contributed by atoms with E-state index in [1.807, 2.05) is 0 Å². The third-order valence-corrected chi connectivity index (χ3v) is 9.87. The first-order valence-corrected chi connectivity index (χ1v) is 18.0. The van der Waals surface area contributed by atoms with Crippen LogP contribution in [0.1, 0.15) is 83.9 Å². The summed E-state index contributed by atoms with van der Waals surface area (Å²) in [6.45, 7) is 7.17. The predicted octanol–water partition coefficient (Wildman–Crippen LogP) is 7.49. The molecule has 2 atom stereocenters. The van der Waals surface area contributed by atoms with Crippen LogP contribution in [0, 0.1) is 44.2 Å². The second-order valence-corrected chi connectivity index (χ2v) is 14.7. The van der Waals surface area contributed by atoms with E-state index in [2.05, 4.69) is 10.6 Å². The Bertz CT molecular complexity index is 1980. The summed E-state index contributed by atoms with van der Waals surface area (Å²) in [5.74, 6) is -6.76. The van der Waals surface area contributed by atoms with Crippen molar-refractivity contribution in [3.05, 3.63) is 91.9 Å². The Labute approximate surface area is 318 Å². The van der Waals surface area contributed by atoms with Gasteiger partial charge in [0.1, 0.15) is 28.9 Å². The molecule has 1 fully saturated rings. The predicted molar refractivity (Wildman–Crippen MR) is 191 cm³/mol. The molecule has 2 aromatic carbocycles. The molecule has 1 aliphatic rings. The van der Waals surface area contributed by atoms with Gasteiger partial charge in [0.05, 0.1) is 18.4 Å². The third kappa shape index (κ3) is 10.7. The number of rotatable bonds is 13. The number of amides is 2. The zero-order valence-corrected chi connectivity index (χ0v) is 31.4. The molecule has 4 rings (SSSR count). The van der Waals surface area contributed by atoms with Crippen LogP contribution in [0.15, 0.2) is 41.2 Å². The van der Waals surface area contributed by atoms with Crippen LogP contribution >= 0.6 is 0 Å². The van der Waals surface area contributed by atoms with Crippen LogP contribution in [0.3, 0.4) is 0 Å². The van der Waals surface area contributed by atoms with Crippen LogP contribution in [0.2, 0.25) is 0 Å². The second-order valence-electron chi connectivity index (χ2n) is 14.7. The van der Waals surface area contributed by atoms with Crippen molar-refractivity contribution >= 4 is 17.8 Å². The van der Waals surface area contributed by atoms with Crippen LogP contribution in [-0.4, -0.2) is 64.2 Å². The number of benzene rings is 2. The SMILES string of the molecule is Cc1cc(-c2c(C)cc(F)cc2C)cc([C@H](CC(=O)O)NC(=O)[C@H](CC(C)C)NC(=O)c2ccc(C(F)(F)F)n(CCN3CCC(C(F)(F)F)CC3)c2=O)c1F. The maximum atomic E-state index is 15.8. The minimum atomic E-state index is -5.03. The van der Waals surface area contributed by atoms with Crippen molar-refractivity contribution in [1.29, 1.82) is 0 Å². The number of alkyl halides is 6. The fraction of sp³-hybridized carbons (Fsp3) is 0.487. The van der Waals surface area contributed by atoms with Crippen molar-refractivity contribution in [3.63, 3.8) is 0 Å². The van der Waals surface area contributed by atoms with E-state index >= 15 is 4.39 Å². The number of nitrogens with one attached hydrogen (secondary N) is 2. The fourth-order valence-electron chi connectivity index (χ4n) is 7.13. The molecule has 0 saturated carbocycles. The molecule has 0 aliphatic carbocycles.